The number of rotatable bonds is 6. The monoisotopic (exact) mass is 380 g/mol. The van der Waals surface area contributed by atoms with Gasteiger partial charge in [0.1, 0.15) is 0 Å². The number of carbonyl (C=O) groups is 2. The Labute approximate surface area is 154 Å². The minimum Gasteiger partial charge on any atom is -0.301 e. The van der Waals surface area contributed by atoms with Crippen molar-refractivity contribution in [3.63, 3.8) is 0 Å². The predicted octanol–water partition coefficient (Wildman–Crippen LogP) is 0.0967. The molecule has 0 atom stereocenters. The highest BCUT2D eigenvalue weighted by atomic mass is 32.2. The standard InChI is InChI=1S/C17H24N4O4S/c1-18(2)26(24,25)20-12-10-19(11-13-20)8-5-9-21-16(22)14-6-3-4-7-15(14)17(21)23/h3-4,6-7H,5,8-13H2,1-2H3. The number of fused-ring (bicyclic) bond motifs is 1. The molecule has 0 radical (unpaired) electrons. The Morgan fingerprint density at radius 2 is 1.46 bits per heavy atom. The zero-order valence-corrected chi connectivity index (χ0v) is 15.9. The molecule has 2 aliphatic rings. The molecule has 9 heteroatoms. The molecule has 1 aromatic rings. The third-order valence-corrected chi connectivity index (χ3v) is 6.79. The first kappa shape index (κ1) is 19.0. The lowest BCUT2D eigenvalue weighted by Crippen LogP contribution is -2.51. The fraction of sp³-hybridized carbons (Fsp3) is 0.529. The first-order valence-electron chi connectivity index (χ1n) is 8.67. The van der Waals surface area contributed by atoms with Crippen molar-refractivity contribution in [3.8, 4) is 0 Å². The van der Waals surface area contributed by atoms with Crippen molar-refractivity contribution < 1.29 is 18.0 Å². The number of piperazine rings is 1. The Morgan fingerprint density at radius 1 is 0.923 bits per heavy atom. The van der Waals surface area contributed by atoms with E-state index in [4.69, 9.17) is 0 Å². The van der Waals surface area contributed by atoms with Crippen LogP contribution < -0.4 is 0 Å². The Morgan fingerprint density at radius 3 is 1.96 bits per heavy atom. The van der Waals surface area contributed by atoms with Crippen molar-refractivity contribution in [1.29, 1.82) is 0 Å². The average Bonchev–Trinajstić information content (AvgIpc) is 2.87. The number of carbonyl (C=O) groups excluding carboxylic acids is 2. The van der Waals surface area contributed by atoms with Crippen LogP contribution in [0.5, 0.6) is 0 Å². The highest BCUT2D eigenvalue weighted by Crippen LogP contribution is 2.22. The molecule has 1 aromatic carbocycles. The molecule has 1 fully saturated rings. The van der Waals surface area contributed by atoms with Crippen LogP contribution in [0, 0.1) is 0 Å². The second kappa shape index (κ2) is 7.43. The summed E-state index contributed by atoms with van der Waals surface area (Å²) in [4.78, 5) is 28.1. The van der Waals surface area contributed by atoms with Crippen molar-refractivity contribution in [2.75, 3.05) is 53.4 Å². The smallest absolute Gasteiger partial charge is 0.281 e. The van der Waals surface area contributed by atoms with Crippen molar-refractivity contribution in [3.05, 3.63) is 35.4 Å². The molecule has 26 heavy (non-hydrogen) atoms. The molecule has 8 nitrogen and oxygen atoms in total. The summed E-state index contributed by atoms with van der Waals surface area (Å²) in [6.07, 6.45) is 0.673. The van der Waals surface area contributed by atoms with Gasteiger partial charge in [-0.25, -0.2) is 0 Å². The van der Waals surface area contributed by atoms with Crippen LogP contribution >= 0.6 is 0 Å². The fourth-order valence-corrected chi connectivity index (χ4v) is 4.40. The van der Waals surface area contributed by atoms with E-state index in [9.17, 15) is 18.0 Å². The van der Waals surface area contributed by atoms with Crippen LogP contribution in [0.25, 0.3) is 0 Å². The molecule has 2 amide bonds. The van der Waals surface area contributed by atoms with E-state index >= 15 is 0 Å². The molecule has 0 spiro atoms. The van der Waals surface area contributed by atoms with Gasteiger partial charge in [0, 0.05) is 46.8 Å². The molecule has 142 valence electrons. The van der Waals surface area contributed by atoms with E-state index in [1.807, 2.05) is 0 Å². The number of nitrogens with zero attached hydrogens (tertiary/aromatic N) is 4. The van der Waals surface area contributed by atoms with Crippen LogP contribution in [-0.2, 0) is 10.2 Å². The lowest BCUT2D eigenvalue weighted by Gasteiger charge is -2.35. The van der Waals surface area contributed by atoms with Crippen LogP contribution in [0.4, 0.5) is 0 Å². The van der Waals surface area contributed by atoms with E-state index in [0.29, 0.717) is 50.3 Å². The van der Waals surface area contributed by atoms with Crippen molar-refractivity contribution in [2.45, 2.75) is 6.42 Å². The van der Waals surface area contributed by atoms with Crippen LogP contribution in [0.1, 0.15) is 27.1 Å². The number of imide groups is 1. The zero-order valence-electron chi connectivity index (χ0n) is 15.1. The summed E-state index contributed by atoms with van der Waals surface area (Å²) >= 11 is 0. The van der Waals surface area contributed by atoms with Crippen molar-refractivity contribution >= 4 is 22.0 Å². The molecule has 0 saturated carbocycles. The Kier molecular flexibility index (Phi) is 5.42. The lowest BCUT2D eigenvalue weighted by molar-refractivity contribution is 0.0644. The molecule has 2 heterocycles. The maximum atomic E-state index is 12.3. The van der Waals surface area contributed by atoms with Gasteiger partial charge in [-0.05, 0) is 25.1 Å². The van der Waals surface area contributed by atoms with E-state index in [1.54, 1.807) is 24.3 Å². The van der Waals surface area contributed by atoms with Gasteiger partial charge in [-0.1, -0.05) is 12.1 Å². The molecule has 0 bridgehead atoms. The second-order valence-corrected chi connectivity index (χ2v) is 8.83. The lowest BCUT2D eigenvalue weighted by atomic mass is 10.1. The molecule has 0 aliphatic carbocycles. The van der Waals surface area contributed by atoms with Gasteiger partial charge in [0.25, 0.3) is 22.0 Å². The number of amides is 2. The highest BCUT2D eigenvalue weighted by molar-refractivity contribution is 7.86. The van der Waals surface area contributed by atoms with Crippen LogP contribution in [0.2, 0.25) is 0 Å². The molecule has 0 unspecified atom stereocenters. The Hall–Kier alpha value is -1.81. The van der Waals surface area contributed by atoms with Crippen molar-refractivity contribution in [1.82, 2.24) is 18.4 Å². The average molecular weight is 380 g/mol. The summed E-state index contributed by atoms with van der Waals surface area (Å²) in [5.74, 6) is -0.458. The molecule has 1 saturated heterocycles. The van der Waals surface area contributed by atoms with Gasteiger partial charge in [0.05, 0.1) is 11.1 Å². The van der Waals surface area contributed by atoms with Gasteiger partial charge in [-0.3, -0.25) is 14.5 Å². The van der Waals surface area contributed by atoms with Crippen LogP contribution in [0.3, 0.4) is 0 Å². The SMILES string of the molecule is CN(C)S(=O)(=O)N1CCN(CCCN2C(=O)c3ccccc3C2=O)CC1. The summed E-state index contributed by atoms with van der Waals surface area (Å²) in [7, 11) is -0.297. The Balaban J connectivity index is 1.47. The van der Waals surface area contributed by atoms with E-state index in [-0.39, 0.29) is 11.8 Å². The van der Waals surface area contributed by atoms with Gasteiger partial charge < -0.3 is 4.90 Å². The minimum atomic E-state index is -3.36. The molecular formula is C17H24N4O4S. The topological polar surface area (TPSA) is 81.2 Å². The van der Waals surface area contributed by atoms with Gasteiger partial charge in [0.15, 0.2) is 0 Å². The Bertz CT molecular complexity index is 766. The van der Waals surface area contributed by atoms with Crippen LogP contribution in [0.15, 0.2) is 24.3 Å². The molecule has 2 aliphatic heterocycles. The van der Waals surface area contributed by atoms with Crippen molar-refractivity contribution in [2.24, 2.45) is 0 Å². The largest absolute Gasteiger partial charge is 0.301 e. The first-order chi connectivity index (χ1) is 12.3. The van der Waals surface area contributed by atoms with Gasteiger partial charge in [0.2, 0.25) is 0 Å². The first-order valence-corrected chi connectivity index (χ1v) is 10.1. The zero-order chi connectivity index (χ0) is 18.9. The second-order valence-electron chi connectivity index (χ2n) is 6.69. The van der Waals surface area contributed by atoms with Gasteiger partial charge in [-0.2, -0.15) is 17.0 Å². The number of benzene rings is 1. The molecule has 3 rings (SSSR count). The van der Waals surface area contributed by atoms with Gasteiger partial charge in [-0.15, -0.1) is 0 Å². The maximum Gasteiger partial charge on any atom is 0.281 e. The summed E-state index contributed by atoms with van der Waals surface area (Å²) in [5, 5.41) is 0. The molecular weight excluding hydrogens is 356 g/mol. The summed E-state index contributed by atoms with van der Waals surface area (Å²) in [6, 6.07) is 6.88. The van der Waals surface area contributed by atoms with E-state index < -0.39 is 10.2 Å². The minimum absolute atomic E-state index is 0.229. The third-order valence-electron chi connectivity index (χ3n) is 4.85. The number of hydrogen-bond acceptors (Lipinski definition) is 5. The third kappa shape index (κ3) is 3.52. The van der Waals surface area contributed by atoms with Gasteiger partial charge >= 0.3 is 0 Å². The maximum absolute atomic E-state index is 12.3. The number of hydrogen-bond donors (Lipinski definition) is 0. The normalized spacial score (nSPS) is 19.4. The van der Waals surface area contributed by atoms with Crippen LogP contribution in [-0.4, -0.2) is 92.0 Å². The quantitative estimate of drug-likeness (QED) is 0.654. The van der Waals surface area contributed by atoms with E-state index in [2.05, 4.69) is 4.90 Å². The molecule has 0 N–H and O–H groups in total. The van der Waals surface area contributed by atoms with E-state index in [1.165, 1.54) is 27.6 Å². The van der Waals surface area contributed by atoms with E-state index in [0.717, 1.165) is 6.54 Å². The summed E-state index contributed by atoms with van der Waals surface area (Å²) < 4.78 is 26.9. The summed E-state index contributed by atoms with van der Waals surface area (Å²) in [6.45, 7) is 3.30. The molecule has 0 aromatic heterocycles. The predicted molar refractivity (Wildman–Crippen MR) is 97.0 cm³/mol. The highest BCUT2D eigenvalue weighted by Gasteiger charge is 2.35. The fourth-order valence-electron chi connectivity index (χ4n) is 3.31. The summed E-state index contributed by atoms with van der Waals surface area (Å²) in [5.41, 5.74) is 0.944.